The molecule has 0 fully saturated rings. The molecule has 0 unspecified atom stereocenters. The standard InChI is InChI=1S/C18H21FN4O/c1-12(2)23(11-13-8-21-22(3)10-13)18(24)6-14-9-20-17-7-15(19)4-5-16(14)17/h4-5,7-10,12,20H,6,11H2,1-3H3. The molecule has 0 atom stereocenters. The lowest BCUT2D eigenvalue weighted by molar-refractivity contribution is -0.132. The molecule has 0 aliphatic heterocycles. The number of hydrogen-bond acceptors (Lipinski definition) is 2. The molecule has 0 spiro atoms. The Labute approximate surface area is 140 Å². The Hall–Kier alpha value is -2.63. The number of halogens is 1. The van der Waals surface area contributed by atoms with Gasteiger partial charge in [-0.2, -0.15) is 5.10 Å². The van der Waals surface area contributed by atoms with Crippen LogP contribution in [0.1, 0.15) is 25.0 Å². The van der Waals surface area contributed by atoms with Gasteiger partial charge in [0.15, 0.2) is 0 Å². The lowest BCUT2D eigenvalue weighted by Gasteiger charge is -2.26. The van der Waals surface area contributed by atoms with Crippen molar-refractivity contribution in [2.45, 2.75) is 32.9 Å². The van der Waals surface area contributed by atoms with Crippen molar-refractivity contribution in [3.8, 4) is 0 Å². The number of carbonyl (C=O) groups excluding carboxylic acids is 1. The molecule has 0 aliphatic rings. The molecule has 0 saturated heterocycles. The SMILES string of the molecule is CC(C)N(Cc1cnn(C)c1)C(=O)Cc1c[nH]c2cc(F)ccc12. The zero-order valence-corrected chi connectivity index (χ0v) is 14.1. The summed E-state index contributed by atoms with van der Waals surface area (Å²) >= 11 is 0. The third-order valence-corrected chi connectivity index (χ3v) is 4.13. The van der Waals surface area contributed by atoms with E-state index in [4.69, 9.17) is 0 Å². The number of aryl methyl sites for hydroxylation is 1. The van der Waals surface area contributed by atoms with Crippen LogP contribution in [-0.4, -0.2) is 31.6 Å². The normalized spacial score (nSPS) is 11.4. The van der Waals surface area contributed by atoms with Crippen LogP contribution >= 0.6 is 0 Å². The summed E-state index contributed by atoms with van der Waals surface area (Å²) < 4.78 is 15.0. The number of hydrogen-bond donors (Lipinski definition) is 1. The molecule has 0 saturated carbocycles. The molecule has 3 rings (SSSR count). The first-order valence-corrected chi connectivity index (χ1v) is 7.96. The summed E-state index contributed by atoms with van der Waals surface area (Å²) in [6.45, 7) is 4.53. The maximum Gasteiger partial charge on any atom is 0.227 e. The van der Waals surface area contributed by atoms with Crippen LogP contribution in [0.4, 0.5) is 4.39 Å². The summed E-state index contributed by atoms with van der Waals surface area (Å²) in [6, 6.07) is 4.66. The van der Waals surface area contributed by atoms with Gasteiger partial charge in [0.1, 0.15) is 5.82 Å². The van der Waals surface area contributed by atoms with Gasteiger partial charge in [-0.25, -0.2) is 4.39 Å². The van der Waals surface area contributed by atoms with E-state index in [-0.39, 0.29) is 24.2 Å². The molecule has 126 valence electrons. The van der Waals surface area contributed by atoms with Gasteiger partial charge in [0.25, 0.3) is 0 Å². The summed E-state index contributed by atoms with van der Waals surface area (Å²) in [5.41, 5.74) is 2.59. The van der Waals surface area contributed by atoms with Crippen molar-refractivity contribution in [1.29, 1.82) is 0 Å². The average Bonchev–Trinajstić information content (AvgIpc) is 3.10. The zero-order valence-electron chi connectivity index (χ0n) is 14.1. The predicted molar refractivity (Wildman–Crippen MR) is 90.9 cm³/mol. The number of amides is 1. The molecule has 2 aromatic heterocycles. The van der Waals surface area contributed by atoms with Crippen LogP contribution in [0.25, 0.3) is 10.9 Å². The Morgan fingerprint density at radius 3 is 2.88 bits per heavy atom. The van der Waals surface area contributed by atoms with Crippen molar-refractivity contribution in [3.05, 3.63) is 53.7 Å². The van der Waals surface area contributed by atoms with E-state index in [2.05, 4.69) is 10.1 Å². The van der Waals surface area contributed by atoms with Gasteiger partial charge >= 0.3 is 0 Å². The lowest BCUT2D eigenvalue weighted by Crippen LogP contribution is -2.37. The van der Waals surface area contributed by atoms with Crippen LogP contribution in [0.2, 0.25) is 0 Å². The molecule has 3 aromatic rings. The first-order valence-electron chi connectivity index (χ1n) is 7.96. The Balaban J connectivity index is 1.79. The summed E-state index contributed by atoms with van der Waals surface area (Å²) in [5.74, 6) is -0.248. The van der Waals surface area contributed by atoms with E-state index in [9.17, 15) is 9.18 Å². The van der Waals surface area contributed by atoms with Gasteiger partial charge in [0, 0.05) is 48.5 Å². The van der Waals surface area contributed by atoms with Crippen molar-refractivity contribution in [2.75, 3.05) is 0 Å². The van der Waals surface area contributed by atoms with Crippen LogP contribution in [0, 0.1) is 5.82 Å². The van der Waals surface area contributed by atoms with E-state index in [0.29, 0.717) is 12.1 Å². The molecule has 6 heteroatoms. The molecule has 0 bridgehead atoms. The summed E-state index contributed by atoms with van der Waals surface area (Å²) in [6.07, 6.45) is 5.75. The Kier molecular flexibility index (Phi) is 4.38. The van der Waals surface area contributed by atoms with Crippen LogP contribution in [0.3, 0.4) is 0 Å². The van der Waals surface area contributed by atoms with E-state index in [1.807, 2.05) is 32.0 Å². The smallest absolute Gasteiger partial charge is 0.227 e. The van der Waals surface area contributed by atoms with Gasteiger partial charge in [0.05, 0.1) is 12.6 Å². The van der Waals surface area contributed by atoms with E-state index in [1.165, 1.54) is 12.1 Å². The number of aromatic nitrogens is 3. The van der Waals surface area contributed by atoms with Gasteiger partial charge in [-0.3, -0.25) is 9.48 Å². The number of carbonyl (C=O) groups is 1. The minimum atomic E-state index is -0.289. The van der Waals surface area contributed by atoms with Crippen LogP contribution in [0.5, 0.6) is 0 Å². The fourth-order valence-corrected chi connectivity index (χ4v) is 2.88. The topological polar surface area (TPSA) is 53.9 Å². The number of nitrogens with one attached hydrogen (secondary N) is 1. The molecule has 0 aliphatic carbocycles. The van der Waals surface area contributed by atoms with Crippen molar-refractivity contribution in [2.24, 2.45) is 7.05 Å². The minimum Gasteiger partial charge on any atom is -0.361 e. The number of aromatic amines is 1. The Morgan fingerprint density at radius 1 is 1.42 bits per heavy atom. The first-order chi connectivity index (χ1) is 11.4. The monoisotopic (exact) mass is 328 g/mol. The molecular weight excluding hydrogens is 307 g/mol. The molecule has 1 amide bonds. The highest BCUT2D eigenvalue weighted by Gasteiger charge is 2.19. The fourth-order valence-electron chi connectivity index (χ4n) is 2.88. The number of rotatable bonds is 5. The van der Waals surface area contributed by atoms with Gasteiger partial charge in [0.2, 0.25) is 5.91 Å². The van der Waals surface area contributed by atoms with Gasteiger partial charge in [-0.15, -0.1) is 0 Å². The highest BCUT2D eigenvalue weighted by Crippen LogP contribution is 2.21. The number of fused-ring (bicyclic) bond motifs is 1. The first kappa shape index (κ1) is 16.2. The minimum absolute atomic E-state index is 0.0408. The zero-order chi connectivity index (χ0) is 17.3. The fraction of sp³-hybridized carbons (Fsp3) is 0.333. The lowest BCUT2D eigenvalue weighted by atomic mass is 10.1. The van der Waals surface area contributed by atoms with Crippen molar-refractivity contribution in [1.82, 2.24) is 19.7 Å². The van der Waals surface area contributed by atoms with E-state index in [0.717, 1.165) is 16.5 Å². The molecule has 1 aromatic carbocycles. The van der Waals surface area contributed by atoms with E-state index >= 15 is 0 Å². The maximum absolute atomic E-state index is 13.3. The second-order valence-electron chi connectivity index (χ2n) is 6.32. The molecule has 5 nitrogen and oxygen atoms in total. The molecule has 0 radical (unpaired) electrons. The van der Waals surface area contributed by atoms with E-state index in [1.54, 1.807) is 23.1 Å². The predicted octanol–water partition coefficient (Wildman–Crippen LogP) is 3.02. The quantitative estimate of drug-likeness (QED) is 0.783. The Bertz CT molecular complexity index is 865. The van der Waals surface area contributed by atoms with Crippen molar-refractivity contribution < 1.29 is 9.18 Å². The third kappa shape index (κ3) is 3.32. The highest BCUT2D eigenvalue weighted by atomic mass is 19.1. The average molecular weight is 328 g/mol. The number of nitrogens with zero attached hydrogens (tertiary/aromatic N) is 3. The van der Waals surface area contributed by atoms with Gasteiger partial charge in [-0.1, -0.05) is 0 Å². The number of H-pyrrole nitrogens is 1. The van der Waals surface area contributed by atoms with Crippen LogP contribution < -0.4 is 0 Å². The van der Waals surface area contributed by atoms with Crippen LogP contribution in [0.15, 0.2) is 36.8 Å². The molecule has 1 N–H and O–H groups in total. The van der Waals surface area contributed by atoms with Gasteiger partial charge < -0.3 is 9.88 Å². The summed E-state index contributed by atoms with van der Waals surface area (Å²) in [4.78, 5) is 17.6. The van der Waals surface area contributed by atoms with Crippen molar-refractivity contribution >= 4 is 16.8 Å². The third-order valence-electron chi connectivity index (χ3n) is 4.13. The Morgan fingerprint density at radius 2 is 2.21 bits per heavy atom. The maximum atomic E-state index is 13.3. The second kappa shape index (κ2) is 6.47. The van der Waals surface area contributed by atoms with Crippen LogP contribution in [-0.2, 0) is 24.8 Å². The second-order valence-corrected chi connectivity index (χ2v) is 6.32. The molecule has 24 heavy (non-hydrogen) atoms. The molecule has 2 heterocycles. The number of benzene rings is 1. The summed E-state index contributed by atoms with van der Waals surface area (Å²) in [7, 11) is 1.86. The highest BCUT2D eigenvalue weighted by molar-refractivity contribution is 5.89. The van der Waals surface area contributed by atoms with E-state index < -0.39 is 0 Å². The van der Waals surface area contributed by atoms with Crippen molar-refractivity contribution in [3.63, 3.8) is 0 Å². The van der Waals surface area contributed by atoms with Gasteiger partial charge in [-0.05, 0) is 37.6 Å². The molecular formula is C18H21FN4O. The summed E-state index contributed by atoms with van der Waals surface area (Å²) in [5, 5.41) is 5.04. The largest absolute Gasteiger partial charge is 0.361 e.